The van der Waals surface area contributed by atoms with Gasteiger partial charge >= 0.3 is 0 Å². The summed E-state index contributed by atoms with van der Waals surface area (Å²) in [6.45, 7) is 4.70. The minimum absolute atomic E-state index is 0.0781. The maximum absolute atomic E-state index is 13.3. The minimum Gasteiger partial charge on any atom is -0.360 e. The summed E-state index contributed by atoms with van der Waals surface area (Å²) in [7, 11) is 0. The lowest BCUT2D eigenvalue weighted by molar-refractivity contribution is -0.144. The molecule has 2 amide bonds. The highest BCUT2D eigenvalue weighted by Crippen LogP contribution is 2.52. The first-order valence-corrected chi connectivity index (χ1v) is 9.97. The summed E-state index contributed by atoms with van der Waals surface area (Å²) < 4.78 is 6.17. The summed E-state index contributed by atoms with van der Waals surface area (Å²) in [6, 6.07) is 4.13. The van der Waals surface area contributed by atoms with Crippen molar-refractivity contribution in [3.8, 4) is 0 Å². The Morgan fingerprint density at radius 2 is 2.04 bits per heavy atom. The van der Waals surface area contributed by atoms with Crippen molar-refractivity contribution >= 4 is 11.8 Å². The Kier molecular flexibility index (Phi) is 3.86. The quantitative estimate of drug-likeness (QED) is 0.761. The van der Waals surface area contributed by atoms with Crippen molar-refractivity contribution in [1.29, 1.82) is 0 Å². The van der Waals surface area contributed by atoms with Crippen molar-refractivity contribution in [3.63, 3.8) is 0 Å². The van der Waals surface area contributed by atoms with Crippen LogP contribution in [0.2, 0.25) is 0 Å². The number of rotatable bonds is 3. The summed E-state index contributed by atoms with van der Waals surface area (Å²) in [5.41, 5.74) is 0.722. The zero-order valence-electron chi connectivity index (χ0n) is 15.6. The van der Waals surface area contributed by atoms with E-state index in [4.69, 9.17) is 4.74 Å². The Bertz CT molecular complexity index is 787. The van der Waals surface area contributed by atoms with E-state index in [2.05, 4.69) is 17.1 Å². The predicted molar refractivity (Wildman–Crippen MR) is 98.8 cm³/mol. The molecule has 3 saturated heterocycles. The van der Waals surface area contributed by atoms with Gasteiger partial charge in [-0.3, -0.25) is 14.6 Å². The molecule has 142 valence electrons. The number of carbonyl (C=O) groups excluding carboxylic acids is 2. The fourth-order valence-electron chi connectivity index (χ4n) is 5.41. The van der Waals surface area contributed by atoms with E-state index in [-0.39, 0.29) is 29.8 Å². The third kappa shape index (κ3) is 2.46. The Hall–Kier alpha value is -2.21. The summed E-state index contributed by atoms with van der Waals surface area (Å²) in [6.07, 6.45) is 9.34. The topological polar surface area (TPSA) is 62.7 Å². The number of likely N-dealkylation sites (N-methyl/N-ethyl adjacent to an activating group) is 1. The van der Waals surface area contributed by atoms with Crippen molar-refractivity contribution in [3.05, 3.63) is 42.2 Å². The molecule has 5 rings (SSSR count). The highest BCUT2D eigenvalue weighted by atomic mass is 16.5. The smallest absolute Gasteiger partial charge is 0.230 e. The monoisotopic (exact) mass is 367 g/mol. The molecule has 6 nitrogen and oxygen atoms in total. The van der Waals surface area contributed by atoms with Gasteiger partial charge in [-0.15, -0.1) is 0 Å². The molecule has 0 aliphatic carbocycles. The molecule has 0 radical (unpaired) electrons. The van der Waals surface area contributed by atoms with E-state index < -0.39 is 5.60 Å². The van der Waals surface area contributed by atoms with E-state index in [1.54, 1.807) is 0 Å². The Morgan fingerprint density at radius 3 is 2.74 bits per heavy atom. The van der Waals surface area contributed by atoms with Crippen LogP contribution >= 0.6 is 0 Å². The maximum atomic E-state index is 13.3. The Labute approximate surface area is 159 Å². The van der Waals surface area contributed by atoms with Crippen LogP contribution < -0.4 is 0 Å². The van der Waals surface area contributed by atoms with Gasteiger partial charge in [-0.1, -0.05) is 12.2 Å². The Morgan fingerprint density at radius 1 is 1.30 bits per heavy atom. The molecule has 3 fully saturated rings. The summed E-state index contributed by atoms with van der Waals surface area (Å²) in [4.78, 5) is 34.1. The first-order chi connectivity index (χ1) is 13.1. The van der Waals surface area contributed by atoms with Crippen LogP contribution in [0.15, 0.2) is 36.7 Å². The molecule has 0 aromatic carbocycles. The lowest BCUT2D eigenvalue weighted by Crippen LogP contribution is -2.48. The first-order valence-electron chi connectivity index (χ1n) is 9.97. The van der Waals surface area contributed by atoms with Gasteiger partial charge in [0.2, 0.25) is 11.8 Å². The molecule has 5 heterocycles. The highest BCUT2D eigenvalue weighted by molar-refractivity contribution is 5.93. The number of fused-ring (bicyclic) bond motifs is 1. The van der Waals surface area contributed by atoms with Gasteiger partial charge in [-0.2, -0.15) is 0 Å². The van der Waals surface area contributed by atoms with Gasteiger partial charge in [0, 0.05) is 32.0 Å². The molecule has 27 heavy (non-hydrogen) atoms. The van der Waals surface area contributed by atoms with Crippen LogP contribution in [-0.2, 0) is 14.3 Å². The van der Waals surface area contributed by atoms with Gasteiger partial charge < -0.3 is 14.5 Å². The van der Waals surface area contributed by atoms with E-state index in [0.29, 0.717) is 19.0 Å². The molecule has 1 aromatic rings. The normalized spacial score (nSPS) is 35.1. The van der Waals surface area contributed by atoms with E-state index in [0.717, 1.165) is 25.9 Å². The third-order valence-electron chi connectivity index (χ3n) is 6.83. The number of aromatic nitrogens is 1. The van der Waals surface area contributed by atoms with Crippen molar-refractivity contribution < 1.29 is 14.3 Å². The van der Waals surface area contributed by atoms with E-state index in [1.165, 1.54) is 5.56 Å². The molecule has 0 unspecified atom stereocenters. The van der Waals surface area contributed by atoms with Gasteiger partial charge in [0.15, 0.2) is 0 Å². The van der Waals surface area contributed by atoms with Crippen molar-refractivity contribution in [1.82, 2.24) is 14.8 Å². The zero-order chi connectivity index (χ0) is 18.6. The molecule has 4 aliphatic rings. The second-order valence-corrected chi connectivity index (χ2v) is 8.13. The second kappa shape index (κ2) is 6.16. The van der Waals surface area contributed by atoms with Crippen LogP contribution in [0, 0.1) is 11.8 Å². The average molecular weight is 367 g/mol. The first kappa shape index (κ1) is 16.9. The largest absolute Gasteiger partial charge is 0.360 e. The molecular formula is C21H25N3O3. The summed E-state index contributed by atoms with van der Waals surface area (Å²) in [5.74, 6) is -0.0669. The van der Waals surface area contributed by atoms with Crippen LogP contribution in [0.1, 0.15) is 31.2 Å². The number of pyridine rings is 1. The molecule has 0 N–H and O–H groups in total. The van der Waals surface area contributed by atoms with Gasteiger partial charge in [0.05, 0.1) is 24.5 Å². The number of piperidine rings is 1. The van der Waals surface area contributed by atoms with Gasteiger partial charge in [0.1, 0.15) is 5.60 Å². The molecule has 4 atom stereocenters. The van der Waals surface area contributed by atoms with Crippen molar-refractivity contribution in [2.24, 2.45) is 11.8 Å². The average Bonchev–Trinajstić information content (AvgIpc) is 3.36. The molecule has 0 saturated carbocycles. The van der Waals surface area contributed by atoms with Crippen LogP contribution in [0.5, 0.6) is 0 Å². The number of ether oxygens (including phenoxy) is 1. The molecule has 1 spiro atoms. The number of amides is 2. The molecular weight excluding hydrogens is 342 g/mol. The fourth-order valence-corrected chi connectivity index (χ4v) is 5.41. The molecule has 4 aliphatic heterocycles. The predicted octanol–water partition coefficient (Wildman–Crippen LogP) is 1.59. The molecule has 6 heteroatoms. The fraction of sp³-hybridized carbons (Fsp3) is 0.571. The maximum Gasteiger partial charge on any atom is 0.230 e. The van der Waals surface area contributed by atoms with Crippen LogP contribution in [0.4, 0.5) is 0 Å². The molecule has 2 bridgehead atoms. The Balaban J connectivity index is 1.31. The van der Waals surface area contributed by atoms with Crippen LogP contribution in [0.25, 0.3) is 0 Å². The number of carbonyl (C=O) groups is 2. The minimum atomic E-state index is -0.576. The third-order valence-corrected chi connectivity index (χ3v) is 6.83. The lowest BCUT2D eigenvalue weighted by Gasteiger charge is -2.35. The SMILES string of the molecule is CCN1C[C@]23C=C[C@H](O2)[C@H](C(=O)N2CCC(c4ccncc4)CC2)[C@@H]3C1=O. The van der Waals surface area contributed by atoms with Crippen LogP contribution in [0.3, 0.4) is 0 Å². The number of hydrogen-bond donors (Lipinski definition) is 0. The van der Waals surface area contributed by atoms with Gasteiger partial charge in [-0.25, -0.2) is 0 Å². The van der Waals surface area contributed by atoms with E-state index in [1.807, 2.05) is 41.3 Å². The number of likely N-dealkylation sites (tertiary alicyclic amines) is 2. The highest BCUT2D eigenvalue weighted by Gasteiger charge is 2.67. The standard InChI is InChI=1S/C21H25N3O3/c1-2-23-13-21-8-3-16(27-21)17(18(21)20(23)26)19(25)24-11-6-15(7-12-24)14-4-9-22-10-5-14/h3-5,8-10,15-18H,2,6-7,11-13H2,1H3/t16-,17-,18+,21-/m0/s1. The summed E-state index contributed by atoms with van der Waals surface area (Å²) >= 11 is 0. The van der Waals surface area contributed by atoms with Gasteiger partial charge in [-0.05, 0) is 43.4 Å². The second-order valence-electron chi connectivity index (χ2n) is 8.13. The van der Waals surface area contributed by atoms with Crippen molar-refractivity contribution in [2.75, 3.05) is 26.2 Å². The van der Waals surface area contributed by atoms with Crippen LogP contribution in [-0.4, -0.2) is 64.5 Å². The zero-order valence-corrected chi connectivity index (χ0v) is 15.6. The molecule has 1 aromatic heterocycles. The summed E-state index contributed by atoms with van der Waals surface area (Å²) in [5, 5.41) is 0. The lowest BCUT2D eigenvalue weighted by atomic mass is 9.76. The number of nitrogens with zero attached hydrogens (tertiary/aromatic N) is 3. The van der Waals surface area contributed by atoms with E-state index in [9.17, 15) is 9.59 Å². The van der Waals surface area contributed by atoms with Crippen molar-refractivity contribution in [2.45, 2.75) is 37.4 Å². The van der Waals surface area contributed by atoms with E-state index >= 15 is 0 Å². The number of hydrogen-bond acceptors (Lipinski definition) is 4. The van der Waals surface area contributed by atoms with Gasteiger partial charge in [0.25, 0.3) is 0 Å².